The Morgan fingerprint density at radius 1 is 1.12 bits per heavy atom. The van der Waals surface area contributed by atoms with E-state index < -0.39 is 0 Å². The molecular formula is C20H21N5O. The third-order valence-electron chi connectivity index (χ3n) is 4.83. The Bertz CT molecular complexity index is 921. The van der Waals surface area contributed by atoms with E-state index in [2.05, 4.69) is 35.0 Å². The minimum atomic E-state index is -0.0887. The second-order valence-corrected chi connectivity index (χ2v) is 6.57. The van der Waals surface area contributed by atoms with E-state index in [-0.39, 0.29) is 11.9 Å². The molecule has 0 radical (unpaired) electrons. The van der Waals surface area contributed by atoms with E-state index in [9.17, 15) is 4.79 Å². The number of hydrogen-bond donors (Lipinski definition) is 0. The number of rotatable bonds is 2. The van der Waals surface area contributed by atoms with Gasteiger partial charge in [0.05, 0.1) is 17.1 Å². The van der Waals surface area contributed by atoms with Crippen molar-refractivity contribution in [3.63, 3.8) is 0 Å². The van der Waals surface area contributed by atoms with Crippen molar-refractivity contribution in [2.75, 3.05) is 23.4 Å². The average Bonchev–Trinajstić information content (AvgIpc) is 3.18. The fourth-order valence-corrected chi connectivity index (χ4v) is 3.39. The van der Waals surface area contributed by atoms with Crippen molar-refractivity contribution in [3.8, 4) is 5.69 Å². The van der Waals surface area contributed by atoms with Crippen molar-refractivity contribution in [1.29, 1.82) is 0 Å². The topological polar surface area (TPSA) is 54.3 Å². The Labute approximate surface area is 152 Å². The van der Waals surface area contributed by atoms with Gasteiger partial charge in [0.1, 0.15) is 5.69 Å². The highest BCUT2D eigenvalue weighted by Gasteiger charge is 2.29. The van der Waals surface area contributed by atoms with E-state index in [4.69, 9.17) is 0 Å². The van der Waals surface area contributed by atoms with Crippen molar-refractivity contribution in [1.82, 2.24) is 14.8 Å². The number of amides is 1. The van der Waals surface area contributed by atoms with E-state index in [1.54, 1.807) is 23.1 Å². The van der Waals surface area contributed by atoms with Crippen LogP contribution in [-0.2, 0) is 0 Å². The molecule has 0 bridgehead atoms. The molecule has 1 aliphatic rings. The maximum atomic E-state index is 13.4. The molecule has 3 aromatic rings. The molecule has 1 amide bonds. The minimum absolute atomic E-state index is 0.0868. The lowest BCUT2D eigenvalue weighted by Crippen LogP contribution is -2.39. The average molecular weight is 347 g/mol. The van der Waals surface area contributed by atoms with Crippen LogP contribution in [0.4, 0.5) is 11.4 Å². The quantitative estimate of drug-likeness (QED) is 0.715. The van der Waals surface area contributed by atoms with Crippen LogP contribution in [0.5, 0.6) is 0 Å². The molecule has 3 heterocycles. The van der Waals surface area contributed by atoms with E-state index in [1.165, 1.54) is 0 Å². The molecule has 0 fully saturated rings. The molecule has 0 N–H and O–H groups in total. The van der Waals surface area contributed by atoms with Crippen LogP contribution in [0.15, 0.2) is 61.1 Å². The molecule has 6 heteroatoms. The summed E-state index contributed by atoms with van der Waals surface area (Å²) in [5, 5.41) is 4.23. The molecular weight excluding hydrogens is 326 g/mol. The summed E-state index contributed by atoms with van der Waals surface area (Å²) in [6, 6.07) is 13.6. The third-order valence-corrected chi connectivity index (χ3v) is 4.83. The Morgan fingerprint density at radius 3 is 2.69 bits per heavy atom. The van der Waals surface area contributed by atoms with E-state index >= 15 is 0 Å². The van der Waals surface area contributed by atoms with Crippen LogP contribution in [-0.4, -0.2) is 40.3 Å². The number of aromatic nitrogens is 3. The highest BCUT2D eigenvalue weighted by atomic mass is 16.2. The van der Waals surface area contributed by atoms with E-state index in [0.29, 0.717) is 5.69 Å². The third kappa shape index (κ3) is 2.83. The van der Waals surface area contributed by atoms with Crippen molar-refractivity contribution in [2.24, 2.45) is 0 Å². The normalized spacial score (nSPS) is 16.9. The maximum absolute atomic E-state index is 13.4. The predicted molar refractivity (Wildman–Crippen MR) is 102 cm³/mol. The van der Waals surface area contributed by atoms with Crippen molar-refractivity contribution >= 4 is 17.3 Å². The van der Waals surface area contributed by atoms with Gasteiger partial charge in [-0.2, -0.15) is 5.10 Å². The first-order chi connectivity index (χ1) is 12.6. The first-order valence-corrected chi connectivity index (χ1v) is 8.75. The summed E-state index contributed by atoms with van der Waals surface area (Å²) >= 11 is 0. The van der Waals surface area contributed by atoms with Crippen LogP contribution < -0.4 is 9.80 Å². The lowest BCUT2D eigenvalue weighted by molar-refractivity contribution is 0.0973. The fraction of sp³-hybridized carbons (Fsp3) is 0.250. The van der Waals surface area contributed by atoms with Crippen molar-refractivity contribution in [2.45, 2.75) is 19.4 Å². The molecule has 0 saturated carbocycles. The summed E-state index contributed by atoms with van der Waals surface area (Å²) in [6.07, 6.45) is 6.12. The number of benzene rings is 1. The highest BCUT2D eigenvalue weighted by Crippen LogP contribution is 2.34. The number of nitrogens with zero attached hydrogens (tertiary/aromatic N) is 5. The first-order valence-electron chi connectivity index (χ1n) is 8.75. The number of anilines is 2. The van der Waals surface area contributed by atoms with Crippen LogP contribution >= 0.6 is 0 Å². The molecule has 0 unspecified atom stereocenters. The molecule has 132 valence electrons. The molecule has 1 aliphatic heterocycles. The predicted octanol–water partition coefficient (Wildman–Crippen LogP) is 3.14. The largest absolute Gasteiger partial charge is 0.373 e. The number of fused-ring (bicyclic) bond motifs is 1. The second-order valence-electron chi connectivity index (χ2n) is 6.57. The summed E-state index contributed by atoms with van der Waals surface area (Å²) in [5.41, 5.74) is 3.23. The van der Waals surface area contributed by atoms with E-state index in [1.807, 2.05) is 41.4 Å². The molecule has 26 heavy (non-hydrogen) atoms. The summed E-state index contributed by atoms with van der Waals surface area (Å²) in [7, 11) is 2.07. The zero-order chi connectivity index (χ0) is 18.1. The number of para-hydroxylation sites is 2. The molecule has 2 aromatic heterocycles. The zero-order valence-corrected chi connectivity index (χ0v) is 14.9. The Balaban J connectivity index is 1.76. The second kappa shape index (κ2) is 6.63. The smallest absolute Gasteiger partial charge is 0.277 e. The van der Waals surface area contributed by atoms with Crippen LogP contribution in [0.2, 0.25) is 0 Å². The van der Waals surface area contributed by atoms with Gasteiger partial charge < -0.3 is 9.80 Å². The molecule has 0 spiro atoms. The standard InChI is InChI=1S/C20H21N5O/c1-15-9-13-23(2)18-6-3-4-7-19(18)25(15)20(26)17-14-16(8-11-21-17)24-12-5-10-22-24/h3-8,10-12,14-15H,9,13H2,1-2H3/t15-/m0/s1. The minimum Gasteiger partial charge on any atom is -0.373 e. The van der Waals surface area contributed by atoms with Gasteiger partial charge in [0.25, 0.3) is 5.91 Å². The van der Waals surface area contributed by atoms with Gasteiger partial charge in [0.15, 0.2) is 0 Å². The lowest BCUT2D eigenvalue weighted by Gasteiger charge is -2.28. The monoisotopic (exact) mass is 347 g/mol. The molecule has 1 atom stereocenters. The van der Waals surface area contributed by atoms with Crippen LogP contribution in [0.1, 0.15) is 23.8 Å². The van der Waals surface area contributed by atoms with Crippen molar-refractivity contribution in [3.05, 3.63) is 66.7 Å². The van der Waals surface area contributed by atoms with Gasteiger partial charge in [-0.3, -0.25) is 9.78 Å². The number of carbonyl (C=O) groups is 1. The number of carbonyl (C=O) groups excluding carboxylic acids is 1. The van der Waals surface area contributed by atoms with E-state index in [0.717, 1.165) is 30.0 Å². The molecule has 6 nitrogen and oxygen atoms in total. The van der Waals surface area contributed by atoms with Crippen LogP contribution in [0.25, 0.3) is 5.69 Å². The summed E-state index contributed by atoms with van der Waals surface area (Å²) in [6.45, 7) is 2.99. The molecule has 4 rings (SSSR count). The maximum Gasteiger partial charge on any atom is 0.277 e. The van der Waals surface area contributed by atoms with Crippen molar-refractivity contribution < 1.29 is 4.79 Å². The SMILES string of the molecule is C[C@H]1CCN(C)c2ccccc2N1C(=O)c1cc(-n2cccn2)ccn1. The van der Waals surface area contributed by atoms with Gasteiger partial charge in [-0.25, -0.2) is 4.68 Å². The lowest BCUT2D eigenvalue weighted by atomic mass is 10.1. The Morgan fingerprint density at radius 2 is 1.92 bits per heavy atom. The summed E-state index contributed by atoms with van der Waals surface area (Å²) < 4.78 is 1.73. The number of hydrogen-bond acceptors (Lipinski definition) is 4. The zero-order valence-electron chi connectivity index (χ0n) is 14.9. The first kappa shape index (κ1) is 16.3. The highest BCUT2D eigenvalue weighted by molar-refractivity contribution is 6.07. The van der Waals surface area contributed by atoms with Gasteiger partial charge in [0, 0.05) is 38.2 Å². The Hall–Kier alpha value is -3.15. The fourth-order valence-electron chi connectivity index (χ4n) is 3.39. The van der Waals surface area contributed by atoms with Crippen LogP contribution in [0.3, 0.4) is 0 Å². The molecule has 0 aliphatic carbocycles. The van der Waals surface area contributed by atoms with Crippen LogP contribution in [0, 0.1) is 0 Å². The summed E-state index contributed by atoms with van der Waals surface area (Å²) in [5.74, 6) is -0.0887. The van der Waals surface area contributed by atoms with Gasteiger partial charge in [-0.05, 0) is 43.7 Å². The van der Waals surface area contributed by atoms with Gasteiger partial charge in [0.2, 0.25) is 0 Å². The van der Waals surface area contributed by atoms with Gasteiger partial charge in [-0.15, -0.1) is 0 Å². The van der Waals surface area contributed by atoms with Gasteiger partial charge in [-0.1, -0.05) is 12.1 Å². The summed E-state index contributed by atoms with van der Waals surface area (Å²) in [4.78, 5) is 21.8. The number of pyridine rings is 1. The molecule has 1 aromatic carbocycles. The Kier molecular flexibility index (Phi) is 4.16. The molecule has 0 saturated heterocycles. The van der Waals surface area contributed by atoms with Gasteiger partial charge >= 0.3 is 0 Å².